The topological polar surface area (TPSA) is 45.2 Å². The SMILES string of the molecule is CCc1nc(CN(C)C(=O)NCCCC(C)C)cs1. The molecule has 0 fully saturated rings. The third-order valence-electron chi connectivity index (χ3n) is 2.88. The Morgan fingerprint density at radius 3 is 2.84 bits per heavy atom. The van der Waals surface area contributed by atoms with Gasteiger partial charge in [-0.05, 0) is 25.2 Å². The molecule has 0 aliphatic heterocycles. The highest BCUT2D eigenvalue weighted by atomic mass is 32.1. The molecule has 0 unspecified atom stereocenters. The van der Waals surface area contributed by atoms with Crippen molar-refractivity contribution >= 4 is 17.4 Å². The zero-order valence-electron chi connectivity index (χ0n) is 12.4. The Kier molecular flexibility index (Phi) is 6.84. The third-order valence-corrected chi connectivity index (χ3v) is 3.92. The van der Waals surface area contributed by atoms with Crippen molar-refractivity contribution < 1.29 is 4.79 Å². The second-order valence-electron chi connectivity index (χ2n) is 5.21. The smallest absolute Gasteiger partial charge is 0.317 e. The number of amides is 2. The molecule has 108 valence electrons. The Morgan fingerprint density at radius 2 is 2.26 bits per heavy atom. The summed E-state index contributed by atoms with van der Waals surface area (Å²) in [6, 6.07) is -0.0187. The Bertz CT molecular complexity index is 390. The summed E-state index contributed by atoms with van der Waals surface area (Å²) in [5, 5.41) is 6.10. The predicted molar refractivity (Wildman–Crippen MR) is 80.4 cm³/mol. The molecule has 2 amide bonds. The minimum Gasteiger partial charge on any atom is -0.338 e. The highest BCUT2D eigenvalue weighted by Gasteiger charge is 2.10. The van der Waals surface area contributed by atoms with E-state index >= 15 is 0 Å². The fraction of sp³-hybridized carbons (Fsp3) is 0.714. The van der Waals surface area contributed by atoms with Gasteiger partial charge in [-0.1, -0.05) is 20.8 Å². The van der Waals surface area contributed by atoms with E-state index in [0.29, 0.717) is 12.5 Å². The van der Waals surface area contributed by atoms with Crippen LogP contribution in [-0.4, -0.2) is 29.5 Å². The number of rotatable bonds is 7. The zero-order chi connectivity index (χ0) is 14.3. The molecule has 0 aromatic carbocycles. The number of aryl methyl sites for hydroxylation is 1. The van der Waals surface area contributed by atoms with Gasteiger partial charge in [0.15, 0.2) is 0 Å². The number of hydrogen-bond donors (Lipinski definition) is 1. The van der Waals surface area contributed by atoms with Gasteiger partial charge in [-0.3, -0.25) is 0 Å². The number of carbonyl (C=O) groups excluding carboxylic acids is 1. The van der Waals surface area contributed by atoms with Gasteiger partial charge in [0.25, 0.3) is 0 Å². The van der Waals surface area contributed by atoms with Crippen LogP contribution < -0.4 is 5.32 Å². The molecule has 1 aromatic heterocycles. The summed E-state index contributed by atoms with van der Waals surface area (Å²) in [4.78, 5) is 18.0. The highest BCUT2D eigenvalue weighted by molar-refractivity contribution is 7.09. The van der Waals surface area contributed by atoms with Gasteiger partial charge in [0.05, 0.1) is 17.2 Å². The third kappa shape index (κ3) is 6.05. The number of nitrogens with zero attached hydrogens (tertiary/aromatic N) is 2. The lowest BCUT2D eigenvalue weighted by molar-refractivity contribution is 0.206. The molecule has 0 saturated carbocycles. The quantitative estimate of drug-likeness (QED) is 0.781. The first kappa shape index (κ1) is 16.0. The van der Waals surface area contributed by atoms with Crippen molar-refractivity contribution in [2.24, 2.45) is 5.92 Å². The number of carbonyl (C=O) groups is 1. The molecule has 0 bridgehead atoms. The average molecular weight is 283 g/mol. The van der Waals surface area contributed by atoms with E-state index in [1.165, 1.54) is 0 Å². The van der Waals surface area contributed by atoms with Crippen molar-refractivity contribution in [2.45, 2.75) is 46.6 Å². The molecular weight excluding hydrogens is 258 g/mol. The van der Waals surface area contributed by atoms with Gasteiger partial charge in [0.2, 0.25) is 0 Å². The number of nitrogens with one attached hydrogen (secondary N) is 1. The molecule has 0 aliphatic carbocycles. The van der Waals surface area contributed by atoms with Crippen LogP contribution in [0.3, 0.4) is 0 Å². The van der Waals surface area contributed by atoms with Gasteiger partial charge in [0.1, 0.15) is 0 Å². The van der Waals surface area contributed by atoms with Crippen LogP contribution in [0.5, 0.6) is 0 Å². The summed E-state index contributed by atoms with van der Waals surface area (Å²) < 4.78 is 0. The fourth-order valence-corrected chi connectivity index (χ4v) is 2.48. The van der Waals surface area contributed by atoms with Crippen LogP contribution >= 0.6 is 11.3 Å². The summed E-state index contributed by atoms with van der Waals surface area (Å²) in [5.74, 6) is 0.692. The van der Waals surface area contributed by atoms with Crippen LogP contribution in [0.25, 0.3) is 0 Å². The molecule has 0 spiro atoms. The van der Waals surface area contributed by atoms with Gasteiger partial charge in [0, 0.05) is 19.0 Å². The molecular formula is C14H25N3OS. The lowest BCUT2D eigenvalue weighted by Gasteiger charge is -2.17. The van der Waals surface area contributed by atoms with Crippen LogP contribution in [0, 0.1) is 5.92 Å². The first-order valence-electron chi connectivity index (χ1n) is 6.95. The second-order valence-corrected chi connectivity index (χ2v) is 6.15. The molecule has 1 heterocycles. The standard InChI is InChI=1S/C14H25N3OS/c1-5-13-16-12(10-19-13)9-17(4)14(18)15-8-6-7-11(2)3/h10-11H,5-9H2,1-4H3,(H,15,18). The first-order chi connectivity index (χ1) is 9.02. The fourth-order valence-electron chi connectivity index (χ4n) is 1.74. The van der Waals surface area contributed by atoms with Crippen LogP contribution in [0.1, 0.15) is 44.3 Å². The van der Waals surface area contributed by atoms with E-state index in [2.05, 4.69) is 31.1 Å². The summed E-state index contributed by atoms with van der Waals surface area (Å²) in [6.07, 6.45) is 3.14. The number of thiazole rings is 1. The highest BCUT2D eigenvalue weighted by Crippen LogP contribution is 2.11. The summed E-state index contributed by atoms with van der Waals surface area (Å²) in [5.41, 5.74) is 0.974. The Morgan fingerprint density at radius 1 is 1.53 bits per heavy atom. The minimum absolute atomic E-state index is 0.0187. The van der Waals surface area contributed by atoms with Crippen LogP contribution in [0.2, 0.25) is 0 Å². The molecule has 4 nitrogen and oxygen atoms in total. The van der Waals surface area contributed by atoms with Crippen molar-refractivity contribution in [2.75, 3.05) is 13.6 Å². The summed E-state index contributed by atoms with van der Waals surface area (Å²) >= 11 is 1.66. The number of hydrogen-bond acceptors (Lipinski definition) is 3. The van der Waals surface area contributed by atoms with Crippen LogP contribution in [-0.2, 0) is 13.0 Å². The van der Waals surface area contributed by atoms with E-state index in [0.717, 1.165) is 36.5 Å². The molecule has 5 heteroatoms. The first-order valence-corrected chi connectivity index (χ1v) is 7.83. The van der Waals surface area contributed by atoms with Gasteiger partial charge < -0.3 is 10.2 Å². The summed E-state index contributed by atoms with van der Waals surface area (Å²) in [7, 11) is 1.81. The maximum absolute atomic E-state index is 11.9. The van der Waals surface area contributed by atoms with Crippen molar-refractivity contribution in [3.05, 3.63) is 16.1 Å². The minimum atomic E-state index is -0.0187. The molecule has 19 heavy (non-hydrogen) atoms. The van der Waals surface area contributed by atoms with Crippen molar-refractivity contribution in [1.82, 2.24) is 15.2 Å². The lowest BCUT2D eigenvalue weighted by atomic mass is 10.1. The van der Waals surface area contributed by atoms with Crippen molar-refractivity contribution in [3.8, 4) is 0 Å². The van der Waals surface area contributed by atoms with Gasteiger partial charge in [-0.25, -0.2) is 9.78 Å². The van der Waals surface area contributed by atoms with E-state index in [1.807, 2.05) is 12.4 Å². The van der Waals surface area contributed by atoms with E-state index in [-0.39, 0.29) is 6.03 Å². The van der Waals surface area contributed by atoms with Gasteiger partial charge in [-0.2, -0.15) is 0 Å². The molecule has 0 atom stereocenters. The predicted octanol–water partition coefficient (Wildman–Crippen LogP) is 3.28. The molecule has 1 rings (SSSR count). The molecule has 0 radical (unpaired) electrons. The largest absolute Gasteiger partial charge is 0.338 e. The van der Waals surface area contributed by atoms with E-state index in [9.17, 15) is 4.79 Å². The van der Waals surface area contributed by atoms with Crippen LogP contribution in [0.15, 0.2) is 5.38 Å². The zero-order valence-corrected chi connectivity index (χ0v) is 13.2. The van der Waals surface area contributed by atoms with Gasteiger partial charge >= 0.3 is 6.03 Å². The van der Waals surface area contributed by atoms with Gasteiger partial charge in [-0.15, -0.1) is 11.3 Å². The van der Waals surface area contributed by atoms with E-state index in [1.54, 1.807) is 16.2 Å². The van der Waals surface area contributed by atoms with E-state index < -0.39 is 0 Å². The number of urea groups is 1. The summed E-state index contributed by atoms with van der Waals surface area (Å²) in [6.45, 7) is 7.81. The Labute approximate surface area is 120 Å². The van der Waals surface area contributed by atoms with Crippen LogP contribution in [0.4, 0.5) is 4.79 Å². The molecule has 1 N–H and O–H groups in total. The number of aromatic nitrogens is 1. The second kappa shape index (κ2) is 8.15. The van der Waals surface area contributed by atoms with E-state index in [4.69, 9.17) is 0 Å². The maximum atomic E-state index is 11.9. The molecule has 0 saturated heterocycles. The molecule has 1 aromatic rings. The van der Waals surface area contributed by atoms with Crippen molar-refractivity contribution in [1.29, 1.82) is 0 Å². The monoisotopic (exact) mass is 283 g/mol. The Balaban J connectivity index is 2.28. The normalized spacial score (nSPS) is 10.8. The average Bonchev–Trinajstić information content (AvgIpc) is 2.81. The Hall–Kier alpha value is -1.10. The molecule has 0 aliphatic rings. The maximum Gasteiger partial charge on any atom is 0.317 e. The lowest BCUT2D eigenvalue weighted by Crippen LogP contribution is -2.37. The van der Waals surface area contributed by atoms with Crippen molar-refractivity contribution in [3.63, 3.8) is 0 Å².